The fourth-order valence-electron chi connectivity index (χ4n) is 2.54. The van der Waals surface area contributed by atoms with Crippen molar-refractivity contribution >= 4 is 11.6 Å². The number of hydrogen-bond acceptors (Lipinski definition) is 4. The maximum absolute atomic E-state index is 6.17. The van der Waals surface area contributed by atoms with E-state index in [-0.39, 0.29) is 6.10 Å². The van der Waals surface area contributed by atoms with Crippen LogP contribution in [0.4, 0.5) is 0 Å². The number of rotatable bonds is 4. The molecule has 5 heteroatoms. The topological polar surface area (TPSA) is 47.3 Å². The van der Waals surface area contributed by atoms with Gasteiger partial charge in [0.05, 0.1) is 6.20 Å². The quantitative estimate of drug-likeness (QED) is 0.938. The summed E-state index contributed by atoms with van der Waals surface area (Å²) in [5.41, 5.74) is 1.01. The van der Waals surface area contributed by atoms with Gasteiger partial charge in [0.1, 0.15) is 12.0 Å². The summed E-state index contributed by atoms with van der Waals surface area (Å²) in [6, 6.07) is 5.63. The van der Waals surface area contributed by atoms with Gasteiger partial charge in [0, 0.05) is 17.5 Å². The summed E-state index contributed by atoms with van der Waals surface area (Å²) < 4.78 is 11.6. The van der Waals surface area contributed by atoms with Crippen molar-refractivity contribution in [3.05, 3.63) is 47.1 Å². The van der Waals surface area contributed by atoms with E-state index in [1.54, 1.807) is 12.5 Å². The SMILES string of the molecule is Cc1cc(Cl)ccc1O[C@H](c1ncco1)[C@H]1CCNC1. The summed E-state index contributed by atoms with van der Waals surface area (Å²) in [4.78, 5) is 4.26. The van der Waals surface area contributed by atoms with Crippen molar-refractivity contribution in [1.82, 2.24) is 10.3 Å². The molecule has 1 aliphatic rings. The van der Waals surface area contributed by atoms with Gasteiger partial charge in [-0.25, -0.2) is 4.98 Å². The minimum atomic E-state index is -0.167. The van der Waals surface area contributed by atoms with Crippen LogP contribution in [-0.4, -0.2) is 18.1 Å². The number of benzene rings is 1. The molecule has 1 aliphatic heterocycles. The zero-order valence-corrected chi connectivity index (χ0v) is 12.1. The van der Waals surface area contributed by atoms with Crippen molar-refractivity contribution in [1.29, 1.82) is 0 Å². The zero-order chi connectivity index (χ0) is 13.9. The molecule has 1 N–H and O–H groups in total. The van der Waals surface area contributed by atoms with E-state index in [1.807, 2.05) is 25.1 Å². The van der Waals surface area contributed by atoms with Gasteiger partial charge in [-0.1, -0.05) is 11.6 Å². The van der Waals surface area contributed by atoms with Gasteiger partial charge in [-0.15, -0.1) is 0 Å². The highest BCUT2D eigenvalue weighted by Crippen LogP contribution is 2.33. The Morgan fingerprint density at radius 3 is 3.05 bits per heavy atom. The zero-order valence-electron chi connectivity index (χ0n) is 11.3. The first kappa shape index (κ1) is 13.5. The summed E-state index contributed by atoms with van der Waals surface area (Å²) in [5, 5.41) is 4.07. The molecule has 0 saturated carbocycles. The third-order valence-electron chi connectivity index (χ3n) is 3.61. The first-order valence-corrected chi connectivity index (χ1v) is 7.15. The summed E-state index contributed by atoms with van der Waals surface area (Å²) in [6.07, 6.45) is 4.13. The van der Waals surface area contributed by atoms with E-state index in [1.165, 1.54) is 0 Å². The monoisotopic (exact) mass is 292 g/mol. The van der Waals surface area contributed by atoms with Gasteiger partial charge in [-0.05, 0) is 43.7 Å². The van der Waals surface area contributed by atoms with Crippen molar-refractivity contribution in [3.8, 4) is 5.75 Å². The van der Waals surface area contributed by atoms with Crippen LogP contribution in [0, 0.1) is 12.8 Å². The summed E-state index contributed by atoms with van der Waals surface area (Å²) >= 11 is 5.98. The van der Waals surface area contributed by atoms with Crippen molar-refractivity contribution in [2.45, 2.75) is 19.4 Å². The van der Waals surface area contributed by atoms with Gasteiger partial charge in [0.25, 0.3) is 0 Å². The maximum Gasteiger partial charge on any atom is 0.235 e. The van der Waals surface area contributed by atoms with Gasteiger partial charge in [-0.3, -0.25) is 0 Å². The molecule has 0 spiro atoms. The largest absolute Gasteiger partial charge is 0.480 e. The highest BCUT2D eigenvalue weighted by atomic mass is 35.5. The van der Waals surface area contributed by atoms with Gasteiger partial charge in [0.2, 0.25) is 5.89 Å². The Bertz CT molecular complexity index is 565. The second kappa shape index (κ2) is 5.85. The van der Waals surface area contributed by atoms with Crippen LogP contribution in [0.5, 0.6) is 5.75 Å². The van der Waals surface area contributed by atoms with E-state index in [2.05, 4.69) is 10.3 Å². The van der Waals surface area contributed by atoms with Crippen molar-refractivity contribution in [3.63, 3.8) is 0 Å². The molecule has 1 saturated heterocycles. The fraction of sp³-hybridized carbons (Fsp3) is 0.400. The Balaban J connectivity index is 1.86. The van der Waals surface area contributed by atoms with Crippen molar-refractivity contribution in [2.24, 2.45) is 5.92 Å². The van der Waals surface area contributed by atoms with E-state index in [9.17, 15) is 0 Å². The molecule has 2 aromatic rings. The lowest BCUT2D eigenvalue weighted by molar-refractivity contribution is 0.113. The lowest BCUT2D eigenvalue weighted by Gasteiger charge is -2.22. The Kier molecular flexibility index (Phi) is 3.94. The lowest BCUT2D eigenvalue weighted by atomic mass is 10.0. The molecule has 0 aliphatic carbocycles. The standard InChI is InChI=1S/C15H17ClN2O2/c1-10-8-12(16)2-3-13(10)20-14(11-4-5-17-9-11)15-18-6-7-19-15/h2-3,6-8,11,14,17H,4-5,9H2,1H3/t11-,14-/m0/s1. The first-order chi connectivity index (χ1) is 9.74. The lowest BCUT2D eigenvalue weighted by Crippen LogP contribution is -2.22. The van der Waals surface area contributed by atoms with Crippen molar-refractivity contribution in [2.75, 3.05) is 13.1 Å². The molecule has 2 atom stereocenters. The average molecular weight is 293 g/mol. The number of oxazole rings is 1. The number of aromatic nitrogens is 1. The molecular weight excluding hydrogens is 276 g/mol. The van der Waals surface area contributed by atoms with Crippen LogP contribution in [-0.2, 0) is 0 Å². The molecule has 0 unspecified atom stereocenters. The van der Waals surface area contributed by atoms with Gasteiger partial charge < -0.3 is 14.5 Å². The number of nitrogens with zero attached hydrogens (tertiary/aromatic N) is 1. The Morgan fingerprint density at radius 1 is 1.50 bits per heavy atom. The third kappa shape index (κ3) is 2.81. The van der Waals surface area contributed by atoms with E-state index in [0.717, 1.165) is 30.8 Å². The fourth-order valence-corrected chi connectivity index (χ4v) is 2.77. The molecule has 0 amide bonds. The minimum absolute atomic E-state index is 0.167. The van der Waals surface area contributed by atoms with Gasteiger partial charge in [0.15, 0.2) is 6.10 Å². The maximum atomic E-state index is 6.17. The normalized spacial score (nSPS) is 20.0. The minimum Gasteiger partial charge on any atom is -0.480 e. The Labute approximate surface area is 123 Å². The Morgan fingerprint density at radius 2 is 2.40 bits per heavy atom. The summed E-state index contributed by atoms with van der Waals surface area (Å²) in [7, 11) is 0. The Hall–Kier alpha value is -1.52. The highest BCUT2D eigenvalue weighted by molar-refractivity contribution is 6.30. The summed E-state index contributed by atoms with van der Waals surface area (Å²) in [5.74, 6) is 1.82. The second-order valence-corrected chi connectivity index (χ2v) is 5.51. The first-order valence-electron chi connectivity index (χ1n) is 6.77. The second-order valence-electron chi connectivity index (χ2n) is 5.07. The average Bonchev–Trinajstić information content (AvgIpc) is 3.11. The molecule has 1 fully saturated rings. The van der Waals surface area contributed by atoms with E-state index in [4.69, 9.17) is 20.8 Å². The van der Waals surface area contributed by atoms with Crippen LogP contribution in [0.3, 0.4) is 0 Å². The van der Waals surface area contributed by atoms with Gasteiger partial charge >= 0.3 is 0 Å². The predicted molar refractivity (Wildman–Crippen MR) is 77.0 cm³/mol. The van der Waals surface area contributed by atoms with Crippen molar-refractivity contribution < 1.29 is 9.15 Å². The number of nitrogens with one attached hydrogen (secondary N) is 1. The van der Waals surface area contributed by atoms with Crippen LogP contribution in [0.1, 0.15) is 24.0 Å². The van der Waals surface area contributed by atoms with Crippen LogP contribution in [0.2, 0.25) is 5.02 Å². The highest BCUT2D eigenvalue weighted by Gasteiger charge is 2.31. The molecular formula is C15H17ClN2O2. The van der Waals surface area contributed by atoms with Crippen LogP contribution < -0.4 is 10.1 Å². The van der Waals surface area contributed by atoms with Crippen LogP contribution in [0.15, 0.2) is 35.1 Å². The molecule has 1 aromatic heterocycles. The van der Waals surface area contributed by atoms with E-state index >= 15 is 0 Å². The molecule has 20 heavy (non-hydrogen) atoms. The molecule has 4 nitrogen and oxygen atoms in total. The molecule has 0 bridgehead atoms. The van der Waals surface area contributed by atoms with Crippen LogP contribution >= 0.6 is 11.6 Å². The number of aryl methyl sites for hydroxylation is 1. The molecule has 3 rings (SSSR count). The van der Waals surface area contributed by atoms with E-state index < -0.39 is 0 Å². The summed E-state index contributed by atoms with van der Waals surface area (Å²) in [6.45, 7) is 3.91. The number of halogens is 1. The number of hydrogen-bond donors (Lipinski definition) is 1. The number of ether oxygens (including phenoxy) is 1. The molecule has 0 radical (unpaired) electrons. The predicted octanol–water partition coefficient (Wildman–Crippen LogP) is 3.37. The van der Waals surface area contributed by atoms with E-state index in [0.29, 0.717) is 16.8 Å². The smallest absolute Gasteiger partial charge is 0.235 e. The van der Waals surface area contributed by atoms with Crippen LogP contribution in [0.25, 0.3) is 0 Å². The van der Waals surface area contributed by atoms with Gasteiger partial charge in [-0.2, -0.15) is 0 Å². The third-order valence-corrected chi connectivity index (χ3v) is 3.85. The molecule has 1 aromatic carbocycles. The molecule has 106 valence electrons. The molecule has 2 heterocycles.